The van der Waals surface area contributed by atoms with Crippen LogP contribution in [0.15, 0.2) is 63.8 Å². The number of fused-ring (bicyclic) bond motifs is 1. The number of hydrogen-bond acceptors (Lipinski definition) is 2. The van der Waals surface area contributed by atoms with E-state index in [2.05, 4.69) is 70.3 Å². The summed E-state index contributed by atoms with van der Waals surface area (Å²) in [5.41, 5.74) is 11.4. The fourth-order valence-electron chi connectivity index (χ4n) is 6.21. The molecule has 5 aliphatic rings. The molecule has 0 spiro atoms. The van der Waals surface area contributed by atoms with Gasteiger partial charge in [-0.25, -0.2) is 0 Å². The van der Waals surface area contributed by atoms with Crippen LogP contribution in [-0.4, -0.2) is 18.0 Å². The molecule has 33 heavy (non-hydrogen) atoms. The summed E-state index contributed by atoms with van der Waals surface area (Å²) in [5.74, 6) is 2.34. The van der Waals surface area contributed by atoms with Gasteiger partial charge in [0.1, 0.15) is 6.04 Å². The summed E-state index contributed by atoms with van der Waals surface area (Å²) < 4.78 is 0. The predicted octanol–water partition coefficient (Wildman–Crippen LogP) is 7.62. The molecule has 1 aromatic rings. The van der Waals surface area contributed by atoms with Crippen molar-refractivity contribution < 1.29 is 0 Å². The lowest BCUT2D eigenvalue weighted by atomic mass is 9.78. The molecule has 2 nitrogen and oxygen atoms in total. The Bertz CT molecular complexity index is 1170. The molecule has 2 unspecified atom stereocenters. The summed E-state index contributed by atoms with van der Waals surface area (Å²) in [6, 6.07) is 7.36. The minimum absolute atomic E-state index is 0.168. The maximum absolute atomic E-state index is 4.94. The number of hydrogen-bond donors (Lipinski definition) is 0. The number of dihydropyridines is 1. The number of benzene rings is 1. The van der Waals surface area contributed by atoms with Crippen molar-refractivity contribution in [1.82, 2.24) is 0 Å². The topological polar surface area (TPSA) is 24.7 Å². The largest absolute Gasteiger partial charge is 0.280 e. The van der Waals surface area contributed by atoms with Crippen LogP contribution in [0.2, 0.25) is 0 Å². The lowest BCUT2D eigenvalue weighted by Gasteiger charge is -2.27. The first-order valence-electron chi connectivity index (χ1n) is 12.9. The van der Waals surface area contributed by atoms with E-state index in [1.807, 2.05) is 6.21 Å². The van der Waals surface area contributed by atoms with Gasteiger partial charge in [-0.1, -0.05) is 76.5 Å². The molecular formula is C31H36N2. The molecule has 3 atom stereocenters. The molecule has 2 saturated carbocycles. The van der Waals surface area contributed by atoms with E-state index < -0.39 is 0 Å². The summed E-state index contributed by atoms with van der Waals surface area (Å²) in [4.78, 5) is 9.80. The van der Waals surface area contributed by atoms with Gasteiger partial charge in [0.2, 0.25) is 0 Å². The van der Waals surface area contributed by atoms with Crippen molar-refractivity contribution in [3.63, 3.8) is 0 Å². The third kappa shape index (κ3) is 3.92. The Hall–Kier alpha value is -2.48. The summed E-state index contributed by atoms with van der Waals surface area (Å²) >= 11 is 0. The Kier molecular flexibility index (Phi) is 4.98. The highest BCUT2D eigenvalue weighted by molar-refractivity contribution is 6.01. The molecule has 0 radical (unpaired) electrons. The Balaban J connectivity index is 1.24. The summed E-state index contributed by atoms with van der Waals surface area (Å²) in [7, 11) is 0. The molecule has 6 rings (SSSR count). The second-order valence-electron chi connectivity index (χ2n) is 12.0. The normalized spacial score (nSPS) is 28.5. The zero-order valence-corrected chi connectivity index (χ0v) is 20.6. The van der Waals surface area contributed by atoms with E-state index in [4.69, 9.17) is 9.98 Å². The first kappa shape index (κ1) is 21.1. The molecule has 2 aliphatic heterocycles. The molecular weight excluding hydrogens is 400 g/mol. The van der Waals surface area contributed by atoms with Crippen LogP contribution in [0.5, 0.6) is 0 Å². The Labute approximate surface area is 199 Å². The second-order valence-corrected chi connectivity index (χ2v) is 12.0. The van der Waals surface area contributed by atoms with E-state index >= 15 is 0 Å². The lowest BCUT2D eigenvalue weighted by Crippen LogP contribution is -2.16. The quantitative estimate of drug-likeness (QED) is 0.453. The smallest absolute Gasteiger partial charge is 0.100 e. The number of nitrogens with zero attached hydrogens (tertiary/aromatic N) is 2. The Morgan fingerprint density at radius 1 is 1.09 bits per heavy atom. The first-order chi connectivity index (χ1) is 15.9. The molecule has 0 amide bonds. The number of allylic oxidation sites excluding steroid dienone is 4. The van der Waals surface area contributed by atoms with Crippen LogP contribution in [0.25, 0.3) is 11.1 Å². The van der Waals surface area contributed by atoms with Gasteiger partial charge in [-0.3, -0.25) is 9.98 Å². The van der Waals surface area contributed by atoms with Gasteiger partial charge in [0.15, 0.2) is 0 Å². The fourth-order valence-corrected chi connectivity index (χ4v) is 6.21. The molecule has 0 aromatic heterocycles. The van der Waals surface area contributed by atoms with Gasteiger partial charge in [0.05, 0.1) is 0 Å². The minimum atomic E-state index is 0.168. The number of rotatable bonds is 5. The van der Waals surface area contributed by atoms with Crippen molar-refractivity contribution in [2.45, 2.75) is 72.3 Å². The van der Waals surface area contributed by atoms with Crippen molar-refractivity contribution in [2.75, 3.05) is 0 Å². The fraction of sp³-hybridized carbons (Fsp3) is 0.484. The zero-order chi connectivity index (χ0) is 22.7. The predicted molar refractivity (Wildman–Crippen MR) is 141 cm³/mol. The molecule has 2 heteroatoms. The van der Waals surface area contributed by atoms with Crippen molar-refractivity contribution in [2.24, 2.45) is 33.2 Å². The van der Waals surface area contributed by atoms with Crippen LogP contribution in [0, 0.1) is 23.2 Å². The van der Waals surface area contributed by atoms with E-state index in [-0.39, 0.29) is 6.04 Å². The van der Waals surface area contributed by atoms with Gasteiger partial charge < -0.3 is 0 Å². The van der Waals surface area contributed by atoms with Gasteiger partial charge in [-0.05, 0) is 76.0 Å². The summed E-state index contributed by atoms with van der Waals surface area (Å²) in [5, 5.41) is 0. The first-order valence-corrected chi connectivity index (χ1v) is 12.9. The van der Waals surface area contributed by atoms with E-state index in [1.165, 1.54) is 76.8 Å². The SMILES string of the molecule is CC1=CC2=CC=C(c3ccc(C4=CN=C([C@H]5CC5C(C)(C)C)C4)c(CC4CCC4)c3)C2N=C1. The summed E-state index contributed by atoms with van der Waals surface area (Å²) in [6.45, 7) is 9.26. The van der Waals surface area contributed by atoms with Crippen molar-refractivity contribution in [3.8, 4) is 0 Å². The zero-order valence-electron chi connectivity index (χ0n) is 20.6. The summed E-state index contributed by atoms with van der Waals surface area (Å²) in [6.07, 6.45) is 18.7. The highest BCUT2D eigenvalue weighted by Gasteiger charge is 2.48. The van der Waals surface area contributed by atoms with Gasteiger partial charge in [-0.2, -0.15) is 0 Å². The van der Waals surface area contributed by atoms with Crippen molar-refractivity contribution >= 4 is 23.1 Å². The van der Waals surface area contributed by atoms with Crippen molar-refractivity contribution in [3.05, 3.63) is 70.5 Å². The van der Waals surface area contributed by atoms with Crippen LogP contribution in [-0.2, 0) is 6.42 Å². The Morgan fingerprint density at radius 3 is 2.67 bits per heavy atom. The maximum Gasteiger partial charge on any atom is 0.100 e. The Morgan fingerprint density at radius 2 is 1.94 bits per heavy atom. The average Bonchev–Trinajstić information content (AvgIpc) is 3.24. The molecule has 2 fully saturated rings. The van der Waals surface area contributed by atoms with Gasteiger partial charge in [0.25, 0.3) is 0 Å². The van der Waals surface area contributed by atoms with E-state index in [1.54, 1.807) is 0 Å². The molecule has 1 aromatic carbocycles. The van der Waals surface area contributed by atoms with Crippen LogP contribution >= 0.6 is 0 Å². The van der Waals surface area contributed by atoms with E-state index in [0.29, 0.717) is 11.3 Å². The van der Waals surface area contributed by atoms with Crippen LogP contribution in [0.3, 0.4) is 0 Å². The number of aliphatic imine (C=N–C) groups is 2. The maximum atomic E-state index is 4.94. The third-order valence-corrected chi connectivity index (χ3v) is 8.49. The van der Waals surface area contributed by atoms with Gasteiger partial charge >= 0.3 is 0 Å². The molecule has 0 bridgehead atoms. The van der Waals surface area contributed by atoms with Crippen LogP contribution < -0.4 is 0 Å². The van der Waals surface area contributed by atoms with Crippen LogP contribution in [0.4, 0.5) is 0 Å². The monoisotopic (exact) mass is 436 g/mol. The second kappa shape index (κ2) is 7.79. The molecule has 2 heterocycles. The van der Waals surface area contributed by atoms with Gasteiger partial charge in [0, 0.05) is 30.5 Å². The third-order valence-electron chi connectivity index (χ3n) is 8.49. The molecule has 170 valence electrons. The van der Waals surface area contributed by atoms with Gasteiger partial charge in [-0.15, -0.1) is 0 Å². The van der Waals surface area contributed by atoms with Crippen LogP contribution in [0.1, 0.15) is 76.5 Å². The highest BCUT2D eigenvalue weighted by atomic mass is 14.8. The standard InChI is InChI=1S/C31H36N2/c1-19-12-22-9-11-26(30(22)33-17-19)21-8-10-25(23(14-21)13-20-6-5-7-20)24-15-29(32-18-24)27-16-28(27)31(2,3)4/h8-12,14,17-18,20,27-28,30H,5-7,13,15-16H2,1-4H3/t27-,28?,30?/m0/s1. The lowest BCUT2D eigenvalue weighted by molar-refractivity contribution is 0.314. The molecule has 0 N–H and O–H groups in total. The minimum Gasteiger partial charge on any atom is -0.280 e. The molecule has 3 aliphatic carbocycles. The average molecular weight is 437 g/mol. The van der Waals surface area contributed by atoms with E-state index in [0.717, 1.165) is 18.3 Å². The van der Waals surface area contributed by atoms with Crippen molar-refractivity contribution in [1.29, 1.82) is 0 Å². The van der Waals surface area contributed by atoms with E-state index in [9.17, 15) is 0 Å². The molecule has 0 saturated heterocycles. The highest BCUT2D eigenvalue weighted by Crippen LogP contribution is 2.53.